The van der Waals surface area contributed by atoms with Gasteiger partial charge in [0.25, 0.3) is 0 Å². The Hall–Kier alpha value is -1.29. The van der Waals surface area contributed by atoms with Crippen molar-refractivity contribution in [2.24, 2.45) is 0 Å². The SMILES string of the molecule is CC(Cl)C(=O)Nc1ccc(N2CCCCC2)nc1. The molecule has 4 nitrogen and oxygen atoms in total. The number of hydrogen-bond donors (Lipinski definition) is 1. The van der Waals surface area contributed by atoms with Crippen molar-refractivity contribution in [2.45, 2.75) is 31.6 Å². The first-order valence-corrected chi connectivity index (χ1v) is 6.76. The van der Waals surface area contributed by atoms with E-state index in [1.165, 1.54) is 19.3 Å². The van der Waals surface area contributed by atoms with Crippen molar-refractivity contribution in [3.05, 3.63) is 18.3 Å². The van der Waals surface area contributed by atoms with Gasteiger partial charge in [-0.05, 0) is 38.3 Å². The summed E-state index contributed by atoms with van der Waals surface area (Å²) in [6.07, 6.45) is 5.44. The van der Waals surface area contributed by atoms with Gasteiger partial charge < -0.3 is 10.2 Å². The Labute approximate surface area is 112 Å². The average Bonchev–Trinajstić information content (AvgIpc) is 2.40. The Morgan fingerprint density at radius 2 is 2.11 bits per heavy atom. The second-order valence-corrected chi connectivity index (χ2v) is 5.21. The Balaban J connectivity index is 1.98. The second kappa shape index (κ2) is 6.05. The van der Waals surface area contributed by atoms with Crippen LogP contribution in [0.25, 0.3) is 0 Å². The molecule has 5 heteroatoms. The Morgan fingerprint density at radius 1 is 1.39 bits per heavy atom. The van der Waals surface area contributed by atoms with Crippen LogP contribution in [0, 0.1) is 0 Å². The van der Waals surface area contributed by atoms with Crippen LogP contribution in [-0.4, -0.2) is 29.4 Å². The van der Waals surface area contributed by atoms with E-state index >= 15 is 0 Å². The molecule has 0 aromatic carbocycles. The molecule has 0 aliphatic carbocycles. The fourth-order valence-corrected chi connectivity index (χ4v) is 2.07. The molecule has 1 amide bonds. The highest BCUT2D eigenvalue weighted by molar-refractivity contribution is 6.32. The number of pyridine rings is 1. The van der Waals surface area contributed by atoms with Crippen LogP contribution >= 0.6 is 11.6 Å². The topological polar surface area (TPSA) is 45.2 Å². The molecule has 0 spiro atoms. The van der Waals surface area contributed by atoms with E-state index in [0.29, 0.717) is 5.69 Å². The number of piperidine rings is 1. The van der Waals surface area contributed by atoms with Crippen LogP contribution in [0.2, 0.25) is 0 Å². The molecule has 98 valence electrons. The molecule has 0 radical (unpaired) electrons. The van der Waals surface area contributed by atoms with Crippen molar-refractivity contribution in [3.63, 3.8) is 0 Å². The van der Waals surface area contributed by atoms with E-state index in [9.17, 15) is 4.79 Å². The summed E-state index contributed by atoms with van der Waals surface area (Å²) in [5.41, 5.74) is 0.688. The van der Waals surface area contributed by atoms with Crippen molar-refractivity contribution in [1.82, 2.24) is 4.98 Å². The lowest BCUT2D eigenvalue weighted by Gasteiger charge is -2.27. The summed E-state index contributed by atoms with van der Waals surface area (Å²) >= 11 is 5.69. The van der Waals surface area contributed by atoms with Crippen LogP contribution in [0.3, 0.4) is 0 Å². The van der Waals surface area contributed by atoms with Crippen LogP contribution < -0.4 is 10.2 Å². The molecule has 1 aliphatic rings. The minimum Gasteiger partial charge on any atom is -0.357 e. The van der Waals surface area contributed by atoms with Crippen LogP contribution in [0.1, 0.15) is 26.2 Å². The van der Waals surface area contributed by atoms with Crippen molar-refractivity contribution in [1.29, 1.82) is 0 Å². The summed E-state index contributed by atoms with van der Waals surface area (Å²) in [4.78, 5) is 18.1. The zero-order valence-electron chi connectivity index (χ0n) is 10.5. The van der Waals surface area contributed by atoms with Gasteiger partial charge in [-0.1, -0.05) is 0 Å². The quantitative estimate of drug-likeness (QED) is 0.857. The molecule has 1 aromatic rings. The van der Waals surface area contributed by atoms with Gasteiger partial charge in [0.2, 0.25) is 5.91 Å². The minimum atomic E-state index is -0.535. The Bertz CT molecular complexity index is 399. The van der Waals surface area contributed by atoms with E-state index < -0.39 is 5.38 Å². The van der Waals surface area contributed by atoms with Gasteiger partial charge in [-0.2, -0.15) is 0 Å². The van der Waals surface area contributed by atoms with Crippen molar-refractivity contribution >= 4 is 29.0 Å². The van der Waals surface area contributed by atoms with E-state index in [4.69, 9.17) is 11.6 Å². The standard InChI is InChI=1S/C13H18ClN3O/c1-10(14)13(18)16-11-5-6-12(15-9-11)17-7-3-2-4-8-17/h5-6,9-10H,2-4,7-8H2,1H3,(H,16,18). The third-order valence-electron chi connectivity index (χ3n) is 3.06. The number of nitrogens with one attached hydrogen (secondary N) is 1. The number of aromatic nitrogens is 1. The molecule has 2 rings (SSSR count). The van der Waals surface area contributed by atoms with Gasteiger partial charge >= 0.3 is 0 Å². The van der Waals surface area contributed by atoms with E-state index in [1.54, 1.807) is 13.1 Å². The predicted molar refractivity (Wildman–Crippen MR) is 74.2 cm³/mol. The lowest BCUT2D eigenvalue weighted by molar-refractivity contribution is -0.115. The summed E-state index contributed by atoms with van der Waals surface area (Å²) in [6, 6.07) is 3.81. The summed E-state index contributed by atoms with van der Waals surface area (Å²) in [5.74, 6) is 0.774. The van der Waals surface area contributed by atoms with E-state index in [1.807, 2.05) is 12.1 Å². The highest BCUT2D eigenvalue weighted by Gasteiger charge is 2.13. The molecule has 0 saturated carbocycles. The maximum absolute atomic E-state index is 11.4. The minimum absolute atomic E-state index is 0.204. The van der Waals surface area contributed by atoms with Crippen LogP contribution in [0.5, 0.6) is 0 Å². The number of carbonyl (C=O) groups excluding carboxylic acids is 1. The highest BCUT2D eigenvalue weighted by Crippen LogP contribution is 2.19. The van der Waals surface area contributed by atoms with Gasteiger partial charge in [-0.15, -0.1) is 11.6 Å². The van der Waals surface area contributed by atoms with Crippen molar-refractivity contribution in [2.75, 3.05) is 23.3 Å². The molecule has 1 fully saturated rings. The lowest BCUT2D eigenvalue weighted by atomic mass is 10.1. The molecule has 1 N–H and O–H groups in total. The zero-order valence-corrected chi connectivity index (χ0v) is 11.3. The number of alkyl halides is 1. The maximum Gasteiger partial charge on any atom is 0.242 e. The van der Waals surface area contributed by atoms with E-state index in [-0.39, 0.29) is 5.91 Å². The number of hydrogen-bond acceptors (Lipinski definition) is 3. The third-order valence-corrected chi connectivity index (χ3v) is 3.25. The van der Waals surface area contributed by atoms with Gasteiger partial charge in [-0.3, -0.25) is 4.79 Å². The zero-order chi connectivity index (χ0) is 13.0. The number of anilines is 2. The summed E-state index contributed by atoms with van der Waals surface area (Å²) in [7, 11) is 0. The molecule has 1 aliphatic heterocycles. The van der Waals surface area contributed by atoms with Gasteiger partial charge in [0.1, 0.15) is 11.2 Å². The average molecular weight is 268 g/mol. The maximum atomic E-state index is 11.4. The molecular formula is C13H18ClN3O. The van der Waals surface area contributed by atoms with Gasteiger partial charge in [0, 0.05) is 13.1 Å². The molecule has 1 atom stereocenters. The van der Waals surface area contributed by atoms with Gasteiger partial charge in [0.05, 0.1) is 11.9 Å². The lowest BCUT2D eigenvalue weighted by Crippen LogP contribution is -2.30. The summed E-state index contributed by atoms with van der Waals surface area (Å²) in [5, 5.41) is 2.18. The Kier molecular flexibility index (Phi) is 4.42. The Morgan fingerprint density at radius 3 is 2.67 bits per heavy atom. The molecular weight excluding hydrogens is 250 g/mol. The normalized spacial score (nSPS) is 17.3. The molecule has 1 unspecified atom stereocenters. The summed E-state index contributed by atoms with van der Waals surface area (Å²) in [6.45, 7) is 3.78. The number of nitrogens with zero attached hydrogens (tertiary/aromatic N) is 2. The predicted octanol–water partition coefficient (Wildman–Crippen LogP) is 2.64. The van der Waals surface area contributed by atoms with Gasteiger partial charge in [-0.25, -0.2) is 4.98 Å². The fourth-order valence-electron chi connectivity index (χ4n) is 2.01. The van der Waals surface area contributed by atoms with Crippen molar-refractivity contribution < 1.29 is 4.79 Å². The number of carbonyl (C=O) groups is 1. The molecule has 2 heterocycles. The van der Waals surface area contributed by atoms with Crippen LogP contribution in [-0.2, 0) is 4.79 Å². The van der Waals surface area contributed by atoms with E-state index in [0.717, 1.165) is 18.9 Å². The molecule has 18 heavy (non-hydrogen) atoms. The summed E-state index contributed by atoms with van der Waals surface area (Å²) < 4.78 is 0. The molecule has 0 bridgehead atoms. The second-order valence-electron chi connectivity index (χ2n) is 4.56. The largest absolute Gasteiger partial charge is 0.357 e. The first kappa shape index (κ1) is 13.1. The van der Waals surface area contributed by atoms with Crippen molar-refractivity contribution in [3.8, 4) is 0 Å². The molecule has 1 aromatic heterocycles. The number of amides is 1. The number of rotatable bonds is 3. The molecule has 1 saturated heterocycles. The van der Waals surface area contributed by atoms with E-state index in [2.05, 4.69) is 15.2 Å². The number of halogens is 1. The smallest absolute Gasteiger partial charge is 0.242 e. The highest BCUT2D eigenvalue weighted by atomic mass is 35.5. The first-order chi connectivity index (χ1) is 8.66. The monoisotopic (exact) mass is 267 g/mol. The van der Waals surface area contributed by atoms with Crippen LogP contribution in [0.4, 0.5) is 11.5 Å². The third kappa shape index (κ3) is 3.35. The van der Waals surface area contributed by atoms with Crippen LogP contribution in [0.15, 0.2) is 18.3 Å². The fraction of sp³-hybridized carbons (Fsp3) is 0.538. The van der Waals surface area contributed by atoms with Gasteiger partial charge in [0.15, 0.2) is 0 Å². The first-order valence-electron chi connectivity index (χ1n) is 6.33.